The van der Waals surface area contributed by atoms with Crippen molar-refractivity contribution in [3.8, 4) is 17.6 Å². The summed E-state index contributed by atoms with van der Waals surface area (Å²) in [5.74, 6) is 1.11. The van der Waals surface area contributed by atoms with Gasteiger partial charge in [-0.05, 0) is 31.2 Å². The lowest BCUT2D eigenvalue weighted by Crippen LogP contribution is -2.19. The molecule has 0 radical (unpaired) electrons. The maximum absolute atomic E-state index is 12.7. The van der Waals surface area contributed by atoms with Crippen LogP contribution in [0, 0.1) is 12.8 Å². The van der Waals surface area contributed by atoms with Gasteiger partial charge in [0, 0.05) is 25.2 Å². The van der Waals surface area contributed by atoms with Crippen LogP contribution in [0.15, 0.2) is 18.2 Å². The number of rotatable bonds is 5. The summed E-state index contributed by atoms with van der Waals surface area (Å²) in [5, 5.41) is 3.41. The second-order valence-corrected chi connectivity index (χ2v) is 6.02. The molecule has 1 fully saturated rings. The second-order valence-electron chi connectivity index (χ2n) is 6.02. The Balaban J connectivity index is 1.74. The van der Waals surface area contributed by atoms with Crippen molar-refractivity contribution in [1.82, 2.24) is 14.8 Å². The van der Waals surface area contributed by atoms with Gasteiger partial charge in [0.25, 0.3) is 0 Å². The molecule has 2 aromatic rings. The topological polar surface area (TPSA) is 49.2 Å². The van der Waals surface area contributed by atoms with E-state index in [-0.39, 0.29) is 11.8 Å². The quantitative estimate of drug-likeness (QED) is 0.821. The predicted molar refractivity (Wildman–Crippen MR) is 80.1 cm³/mol. The Morgan fingerprint density at radius 2 is 1.92 bits per heavy atom. The van der Waals surface area contributed by atoms with Gasteiger partial charge in [-0.15, -0.1) is 0 Å². The maximum Gasteiger partial charge on any atom is 0.435 e. The largest absolute Gasteiger partial charge is 0.477 e. The third-order valence-electron chi connectivity index (χ3n) is 3.95. The molecule has 2 heterocycles. The summed E-state index contributed by atoms with van der Waals surface area (Å²) in [4.78, 5) is 4.20. The number of hydrogen-bond acceptors (Lipinski definition) is 4. The van der Waals surface area contributed by atoms with Crippen LogP contribution in [0.25, 0.3) is 0 Å². The van der Waals surface area contributed by atoms with Crippen molar-refractivity contribution in [3.63, 3.8) is 0 Å². The molecule has 0 aliphatic heterocycles. The Labute approximate surface area is 137 Å². The van der Waals surface area contributed by atoms with Crippen LogP contribution < -0.4 is 9.47 Å². The van der Waals surface area contributed by atoms with Crippen LogP contribution in [0.5, 0.6) is 17.6 Å². The van der Waals surface area contributed by atoms with Crippen LogP contribution in [0.4, 0.5) is 13.2 Å². The molecule has 1 aliphatic rings. The molecular formula is C16H18F3N3O2. The van der Waals surface area contributed by atoms with Gasteiger partial charge in [-0.25, -0.2) is 4.68 Å². The molecule has 0 aromatic carbocycles. The Morgan fingerprint density at radius 3 is 2.50 bits per heavy atom. The zero-order valence-electron chi connectivity index (χ0n) is 13.4. The highest BCUT2D eigenvalue weighted by atomic mass is 19.4. The Bertz CT molecular complexity index is 724. The zero-order chi connectivity index (χ0) is 17.3. The second kappa shape index (κ2) is 6.33. The fraction of sp³-hybridized carbons (Fsp3) is 0.500. The van der Waals surface area contributed by atoms with Crippen LogP contribution in [0.3, 0.4) is 0 Å². The predicted octanol–water partition coefficient (Wildman–Crippen LogP) is 4.11. The number of pyridine rings is 1. The molecule has 1 aliphatic carbocycles. The van der Waals surface area contributed by atoms with Gasteiger partial charge < -0.3 is 9.47 Å². The lowest BCUT2D eigenvalue weighted by Gasteiger charge is -2.24. The van der Waals surface area contributed by atoms with Crippen molar-refractivity contribution in [2.45, 2.75) is 32.4 Å². The molecule has 0 spiro atoms. The summed E-state index contributed by atoms with van der Waals surface area (Å²) in [6.07, 6.45) is -0.975. The summed E-state index contributed by atoms with van der Waals surface area (Å²) in [6.45, 7) is 2.44. The first kappa shape index (κ1) is 16.6. The summed E-state index contributed by atoms with van der Waals surface area (Å²) in [7, 11) is 1.38. The smallest absolute Gasteiger partial charge is 0.435 e. The van der Waals surface area contributed by atoms with Crippen molar-refractivity contribution in [2.75, 3.05) is 6.61 Å². The van der Waals surface area contributed by atoms with E-state index < -0.39 is 11.9 Å². The average Bonchev–Trinajstić information content (AvgIpc) is 2.78. The summed E-state index contributed by atoms with van der Waals surface area (Å²) in [5.41, 5.74) is -0.157. The van der Waals surface area contributed by atoms with Gasteiger partial charge in [0.2, 0.25) is 17.6 Å². The monoisotopic (exact) mass is 341 g/mol. The number of aromatic nitrogens is 3. The highest BCUT2D eigenvalue weighted by molar-refractivity contribution is 5.30. The molecule has 0 amide bonds. The van der Waals surface area contributed by atoms with Crippen LogP contribution in [0.1, 0.15) is 30.5 Å². The molecule has 5 nitrogen and oxygen atoms in total. The van der Waals surface area contributed by atoms with Crippen LogP contribution in [-0.4, -0.2) is 21.4 Å². The number of halogens is 3. The van der Waals surface area contributed by atoms with Crippen molar-refractivity contribution >= 4 is 0 Å². The van der Waals surface area contributed by atoms with E-state index in [1.54, 1.807) is 12.1 Å². The Hall–Kier alpha value is -2.25. The third kappa shape index (κ3) is 3.80. The minimum atomic E-state index is -4.52. The van der Waals surface area contributed by atoms with Crippen LogP contribution in [0.2, 0.25) is 0 Å². The van der Waals surface area contributed by atoms with E-state index in [1.165, 1.54) is 13.5 Å². The molecule has 130 valence electrons. The SMILES string of the molecule is Cc1cc(OCC2CCC2)nc(Oc2cc(C(F)(F)F)nn2C)c1. The van der Waals surface area contributed by atoms with E-state index in [2.05, 4.69) is 10.1 Å². The van der Waals surface area contributed by atoms with Gasteiger partial charge in [0.05, 0.1) is 6.61 Å². The fourth-order valence-corrected chi connectivity index (χ4v) is 2.38. The van der Waals surface area contributed by atoms with E-state index in [4.69, 9.17) is 9.47 Å². The number of nitrogens with zero attached hydrogens (tertiary/aromatic N) is 3. The van der Waals surface area contributed by atoms with E-state index in [9.17, 15) is 13.2 Å². The van der Waals surface area contributed by atoms with E-state index >= 15 is 0 Å². The number of aryl methyl sites for hydroxylation is 2. The van der Waals surface area contributed by atoms with Crippen molar-refractivity contribution in [1.29, 1.82) is 0 Å². The number of hydrogen-bond donors (Lipinski definition) is 0. The Kier molecular flexibility index (Phi) is 4.38. The zero-order valence-corrected chi connectivity index (χ0v) is 13.4. The first-order valence-corrected chi connectivity index (χ1v) is 7.72. The lowest BCUT2D eigenvalue weighted by molar-refractivity contribution is -0.141. The van der Waals surface area contributed by atoms with E-state index in [1.807, 2.05) is 6.92 Å². The molecule has 0 saturated heterocycles. The minimum absolute atomic E-state index is 0.0367. The van der Waals surface area contributed by atoms with Crippen molar-refractivity contribution in [3.05, 3.63) is 29.5 Å². The standard InChI is InChI=1S/C16H18F3N3O2/c1-10-6-13(23-9-11-4-3-5-11)20-14(7-10)24-15-8-12(16(17,18)19)21-22(15)2/h6-8,11H,3-5,9H2,1-2H3. The van der Waals surface area contributed by atoms with E-state index in [0.717, 1.165) is 29.2 Å². The third-order valence-corrected chi connectivity index (χ3v) is 3.95. The first-order valence-electron chi connectivity index (χ1n) is 7.72. The van der Waals surface area contributed by atoms with Gasteiger partial charge in [-0.2, -0.15) is 23.3 Å². The van der Waals surface area contributed by atoms with Gasteiger partial charge >= 0.3 is 6.18 Å². The van der Waals surface area contributed by atoms with Crippen LogP contribution in [-0.2, 0) is 13.2 Å². The Morgan fingerprint density at radius 1 is 1.21 bits per heavy atom. The molecule has 0 unspecified atom stereocenters. The molecule has 8 heteroatoms. The van der Waals surface area contributed by atoms with Crippen LogP contribution >= 0.6 is 0 Å². The highest BCUT2D eigenvalue weighted by Crippen LogP contribution is 2.32. The van der Waals surface area contributed by atoms with Gasteiger partial charge in [-0.1, -0.05) is 6.42 Å². The number of ether oxygens (including phenoxy) is 2. The molecule has 3 rings (SSSR count). The van der Waals surface area contributed by atoms with Gasteiger partial charge in [-0.3, -0.25) is 0 Å². The van der Waals surface area contributed by atoms with Gasteiger partial charge in [0.1, 0.15) is 0 Å². The lowest BCUT2D eigenvalue weighted by atomic mass is 9.86. The van der Waals surface area contributed by atoms with Gasteiger partial charge in [0.15, 0.2) is 5.69 Å². The van der Waals surface area contributed by atoms with Crippen molar-refractivity contribution < 1.29 is 22.6 Å². The molecule has 24 heavy (non-hydrogen) atoms. The normalized spacial score (nSPS) is 15.2. The molecule has 0 N–H and O–H groups in total. The summed E-state index contributed by atoms with van der Waals surface area (Å²) < 4.78 is 50.2. The maximum atomic E-state index is 12.7. The van der Waals surface area contributed by atoms with Crippen molar-refractivity contribution in [2.24, 2.45) is 13.0 Å². The van der Waals surface area contributed by atoms with E-state index in [0.29, 0.717) is 18.4 Å². The minimum Gasteiger partial charge on any atom is -0.477 e. The summed E-state index contributed by atoms with van der Waals surface area (Å²) >= 11 is 0. The molecule has 0 bridgehead atoms. The molecule has 0 atom stereocenters. The first-order chi connectivity index (χ1) is 11.3. The fourth-order valence-electron chi connectivity index (χ4n) is 2.38. The molecule has 2 aromatic heterocycles. The summed E-state index contributed by atoms with van der Waals surface area (Å²) in [6, 6.07) is 4.26. The average molecular weight is 341 g/mol. The molecule has 1 saturated carbocycles. The molecular weight excluding hydrogens is 323 g/mol. The highest BCUT2D eigenvalue weighted by Gasteiger charge is 2.35. The number of alkyl halides is 3.